The summed E-state index contributed by atoms with van der Waals surface area (Å²) < 4.78 is 39.8. The summed E-state index contributed by atoms with van der Waals surface area (Å²) in [6, 6.07) is 10.4. The van der Waals surface area contributed by atoms with Gasteiger partial charge in [-0.05, 0) is 42.5 Å². The monoisotopic (exact) mass is 332 g/mol. The molecule has 7 heteroatoms. The highest BCUT2D eigenvalue weighted by molar-refractivity contribution is 7.92. The average molecular weight is 332 g/mol. The Bertz CT molecular complexity index is 856. The first kappa shape index (κ1) is 16.5. The van der Waals surface area contributed by atoms with Crippen molar-refractivity contribution < 1.29 is 17.6 Å². The summed E-state index contributed by atoms with van der Waals surface area (Å²) in [5, 5.41) is 2.45. The molecule has 0 spiro atoms. The van der Waals surface area contributed by atoms with Gasteiger partial charge >= 0.3 is 0 Å². The molecule has 0 saturated carbocycles. The van der Waals surface area contributed by atoms with E-state index >= 15 is 0 Å². The number of nitrogens with one attached hydrogen (secondary N) is 2. The second kappa shape index (κ2) is 6.94. The fraction of sp³-hybridized carbons (Fsp3) is 0.0625. The number of benzene rings is 2. The third-order valence-electron chi connectivity index (χ3n) is 2.85. The second-order valence-corrected chi connectivity index (χ2v) is 6.21. The third kappa shape index (κ3) is 4.31. The maximum Gasteiger partial charge on any atom is 0.261 e. The summed E-state index contributed by atoms with van der Waals surface area (Å²) in [6.45, 7) is 0.0453. The van der Waals surface area contributed by atoms with Crippen LogP contribution in [0.25, 0.3) is 0 Å². The van der Waals surface area contributed by atoms with Gasteiger partial charge in [0.05, 0.1) is 11.4 Å². The van der Waals surface area contributed by atoms with Crippen LogP contribution in [0.3, 0.4) is 0 Å². The van der Waals surface area contributed by atoms with Gasteiger partial charge in [0, 0.05) is 11.3 Å². The van der Waals surface area contributed by atoms with Gasteiger partial charge in [0.25, 0.3) is 15.9 Å². The summed E-state index contributed by atoms with van der Waals surface area (Å²) >= 11 is 0. The number of carbonyl (C=O) groups is 1. The van der Waals surface area contributed by atoms with E-state index in [-0.39, 0.29) is 22.7 Å². The lowest BCUT2D eigenvalue weighted by atomic mass is 10.2. The van der Waals surface area contributed by atoms with Crippen molar-refractivity contribution >= 4 is 21.6 Å². The molecule has 2 aromatic rings. The molecule has 0 fully saturated rings. The van der Waals surface area contributed by atoms with E-state index in [1.807, 2.05) is 0 Å². The van der Waals surface area contributed by atoms with Crippen LogP contribution in [-0.4, -0.2) is 20.9 Å². The van der Waals surface area contributed by atoms with E-state index in [2.05, 4.69) is 16.0 Å². The third-order valence-corrected chi connectivity index (χ3v) is 4.23. The fourth-order valence-electron chi connectivity index (χ4n) is 1.77. The number of terminal acetylenes is 1. The first-order chi connectivity index (χ1) is 10.9. The Kier molecular flexibility index (Phi) is 4.98. The highest BCUT2D eigenvalue weighted by Crippen LogP contribution is 2.17. The molecule has 2 N–H and O–H groups in total. The molecule has 0 aliphatic heterocycles. The predicted molar refractivity (Wildman–Crippen MR) is 84.8 cm³/mol. The van der Waals surface area contributed by atoms with Crippen molar-refractivity contribution in [1.82, 2.24) is 5.32 Å². The molecule has 0 aliphatic rings. The average Bonchev–Trinajstić information content (AvgIpc) is 2.54. The number of hydrogen-bond donors (Lipinski definition) is 2. The molecule has 0 heterocycles. The van der Waals surface area contributed by atoms with Crippen LogP contribution in [0.4, 0.5) is 10.1 Å². The minimum absolute atomic E-state index is 0.0453. The van der Waals surface area contributed by atoms with Gasteiger partial charge in [0.1, 0.15) is 5.82 Å². The van der Waals surface area contributed by atoms with Crippen LogP contribution in [0, 0.1) is 18.2 Å². The molecule has 23 heavy (non-hydrogen) atoms. The molecule has 2 aromatic carbocycles. The Morgan fingerprint density at radius 3 is 2.52 bits per heavy atom. The van der Waals surface area contributed by atoms with Gasteiger partial charge in [-0.15, -0.1) is 6.42 Å². The lowest BCUT2D eigenvalue weighted by Crippen LogP contribution is -2.24. The van der Waals surface area contributed by atoms with Crippen molar-refractivity contribution in [2.75, 3.05) is 11.3 Å². The number of amides is 1. The zero-order chi connectivity index (χ0) is 16.9. The summed E-state index contributed by atoms with van der Waals surface area (Å²) in [7, 11) is -3.90. The molecule has 0 bridgehead atoms. The normalized spacial score (nSPS) is 10.6. The van der Waals surface area contributed by atoms with Crippen LogP contribution in [0.1, 0.15) is 10.4 Å². The number of anilines is 1. The summed E-state index contributed by atoms with van der Waals surface area (Å²) in [5.41, 5.74) is 0.385. The van der Waals surface area contributed by atoms with Crippen molar-refractivity contribution in [3.8, 4) is 12.3 Å². The van der Waals surface area contributed by atoms with Gasteiger partial charge in [-0.1, -0.05) is 12.0 Å². The number of halogens is 1. The molecule has 0 atom stereocenters. The molecule has 0 radical (unpaired) electrons. The van der Waals surface area contributed by atoms with Gasteiger partial charge in [-0.2, -0.15) is 0 Å². The molecular weight excluding hydrogens is 319 g/mol. The lowest BCUT2D eigenvalue weighted by molar-refractivity contribution is 0.0958. The van der Waals surface area contributed by atoms with E-state index in [0.717, 1.165) is 12.1 Å². The van der Waals surface area contributed by atoms with Crippen LogP contribution >= 0.6 is 0 Å². The highest BCUT2D eigenvalue weighted by Gasteiger charge is 2.16. The predicted octanol–water partition coefficient (Wildman–Crippen LogP) is 1.99. The number of sulfonamides is 1. The molecular formula is C16H13FN2O3S. The largest absolute Gasteiger partial charge is 0.341 e. The van der Waals surface area contributed by atoms with Gasteiger partial charge < -0.3 is 5.32 Å². The van der Waals surface area contributed by atoms with Gasteiger partial charge in [0.2, 0.25) is 0 Å². The molecule has 0 saturated heterocycles. The van der Waals surface area contributed by atoms with Crippen molar-refractivity contribution in [3.05, 3.63) is 59.9 Å². The smallest absolute Gasteiger partial charge is 0.261 e. The Hall–Kier alpha value is -2.85. The minimum atomic E-state index is -3.90. The van der Waals surface area contributed by atoms with Crippen molar-refractivity contribution in [3.63, 3.8) is 0 Å². The van der Waals surface area contributed by atoms with Gasteiger partial charge in [-0.25, -0.2) is 12.8 Å². The molecule has 1 amide bonds. The van der Waals surface area contributed by atoms with Gasteiger partial charge in [-0.3, -0.25) is 9.52 Å². The molecule has 2 rings (SSSR count). The molecule has 5 nitrogen and oxygen atoms in total. The maximum atomic E-state index is 12.9. The van der Waals surface area contributed by atoms with Crippen LogP contribution in [-0.2, 0) is 10.0 Å². The SMILES string of the molecule is C#CCNC(=O)c1cccc(S(=O)(=O)Nc2ccc(F)cc2)c1. The first-order valence-electron chi connectivity index (χ1n) is 6.52. The first-order valence-corrected chi connectivity index (χ1v) is 8.01. The summed E-state index contributed by atoms with van der Waals surface area (Å²) in [4.78, 5) is 11.7. The molecule has 118 valence electrons. The van der Waals surface area contributed by atoms with Crippen molar-refractivity contribution in [2.24, 2.45) is 0 Å². The van der Waals surface area contributed by atoms with Crippen LogP contribution in [0.5, 0.6) is 0 Å². The van der Waals surface area contributed by atoms with E-state index in [1.165, 1.54) is 36.4 Å². The van der Waals surface area contributed by atoms with E-state index in [4.69, 9.17) is 6.42 Å². The number of hydrogen-bond acceptors (Lipinski definition) is 3. The van der Waals surface area contributed by atoms with Gasteiger partial charge in [0.15, 0.2) is 0 Å². The van der Waals surface area contributed by atoms with Crippen molar-refractivity contribution in [2.45, 2.75) is 4.90 Å². The quantitative estimate of drug-likeness (QED) is 0.822. The van der Waals surface area contributed by atoms with Crippen LogP contribution < -0.4 is 10.0 Å². The Morgan fingerprint density at radius 1 is 1.17 bits per heavy atom. The molecule has 0 unspecified atom stereocenters. The Balaban J connectivity index is 2.24. The Labute approximate surface area is 133 Å². The van der Waals surface area contributed by atoms with E-state index < -0.39 is 21.7 Å². The number of rotatable bonds is 5. The topological polar surface area (TPSA) is 75.3 Å². The second-order valence-electron chi connectivity index (χ2n) is 4.53. The highest BCUT2D eigenvalue weighted by atomic mass is 32.2. The molecule has 0 aromatic heterocycles. The lowest BCUT2D eigenvalue weighted by Gasteiger charge is -2.09. The summed E-state index contributed by atoms with van der Waals surface area (Å²) in [5.74, 6) is 1.31. The zero-order valence-electron chi connectivity index (χ0n) is 11.9. The Morgan fingerprint density at radius 2 is 1.87 bits per heavy atom. The van der Waals surface area contributed by atoms with E-state index in [9.17, 15) is 17.6 Å². The van der Waals surface area contributed by atoms with Crippen LogP contribution in [0.2, 0.25) is 0 Å². The molecule has 0 aliphatic carbocycles. The summed E-state index contributed by atoms with van der Waals surface area (Å²) in [6.07, 6.45) is 5.05. The maximum absolute atomic E-state index is 12.9. The standard InChI is InChI=1S/C16H13FN2O3S/c1-2-10-18-16(20)12-4-3-5-15(11-12)23(21,22)19-14-8-6-13(17)7-9-14/h1,3-9,11,19H,10H2,(H,18,20). The van der Waals surface area contributed by atoms with Crippen LogP contribution in [0.15, 0.2) is 53.4 Å². The van der Waals surface area contributed by atoms with Crippen molar-refractivity contribution in [1.29, 1.82) is 0 Å². The number of carbonyl (C=O) groups excluding carboxylic acids is 1. The van der Waals surface area contributed by atoms with E-state index in [1.54, 1.807) is 0 Å². The zero-order valence-corrected chi connectivity index (χ0v) is 12.7. The minimum Gasteiger partial charge on any atom is -0.341 e. The van der Waals surface area contributed by atoms with E-state index in [0.29, 0.717) is 0 Å². The fourth-order valence-corrected chi connectivity index (χ4v) is 2.87.